The van der Waals surface area contributed by atoms with E-state index in [0.29, 0.717) is 56.4 Å². The van der Waals surface area contributed by atoms with Crippen LogP contribution >= 0.6 is 0 Å². The quantitative estimate of drug-likeness (QED) is 0.0151. The van der Waals surface area contributed by atoms with E-state index in [4.69, 9.17) is 18.9 Å². The number of nitrogens with one attached hydrogen (secondary N) is 6. The van der Waals surface area contributed by atoms with Crippen molar-refractivity contribution in [2.24, 2.45) is 0 Å². The van der Waals surface area contributed by atoms with Crippen molar-refractivity contribution in [2.45, 2.75) is 149 Å². The third-order valence-electron chi connectivity index (χ3n) is 14.3. The molecule has 94 heavy (non-hydrogen) atoms. The van der Waals surface area contributed by atoms with E-state index in [1.165, 1.54) is 26.0 Å². The lowest BCUT2D eigenvalue weighted by molar-refractivity contribution is -0.158. The monoisotopic (exact) mass is 1360 g/mol. The molecule has 2 atom stereocenters. The largest absolute Gasteiger partial charge is 0.494 e. The number of ether oxygens (including phenoxy) is 4. The van der Waals surface area contributed by atoms with Crippen LogP contribution in [-0.2, 0) is 69.7 Å². The van der Waals surface area contributed by atoms with Gasteiger partial charge in [0, 0.05) is 114 Å². The molecular weight excluding hydrogens is 1260 g/mol. The second-order valence-corrected chi connectivity index (χ2v) is 29.4. The van der Waals surface area contributed by atoms with E-state index < -0.39 is 97.0 Å². The van der Waals surface area contributed by atoms with Crippen LogP contribution in [0.4, 0.5) is 5.95 Å². The summed E-state index contributed by atoms with van der Waals surface area (Å²) in [5.41, 5.74) is -0.751. The molecule has 4 aromatic rings. The number of carbonyl (C=O) groups is 7. The molecule has 3 amide bonds. The zero-order chi connectivity index (χ0) is 69.6. The third-order valence-corrected chi connectivity index (χ3v) is 16.9. The maximum Gasteiger partial charge on any atom is 0.323 e. The number of aryl methyl sites for hydroxylation is 3. The van der Waals surface area contributed by atoms with E-state index in [2.05, 4.69) is 41.1 Å². The van der Waals surface area contributed by atoms with Crippen LogP contribution in [0.2, 0.25) is 0 Å². The van der Waals surface area contributed by atoms with Gasteiger partial charge in [-0.05, 0) is 143 Å². The smallest absolute Gasteiger partial charge is 0.323 e. The Balaban J connectivity index is 1.11. The summed E-state index contributed by atoms with van der Waals surface area (Å²) >= 11 is 0. The van der Waals surface area contributed by atoms with E-state index in [1.54, 1.807) is 104 Å². The van der Waals surface area contributed by atoms with E-state index in [1.807, 2.05) is 19.6 Å². The number of aromatic amines is 1. The average Bonchev–Trinajstić information content (AvgIpc) is 0.986. The molecule has 1 aliphatic rings. The van der Waals surface area contributed by atoms with Crippen molar-refractivity contribution in [2.75, 3.05) is 116 Å². The highest BCUT2D eigenvalue weighted by Crippen LogP contribution is 2.27. The fourth-order valence-electron chi connectivity index (χ4n) is 10.2. The number of amides is 3. The first-order valence-electron chi connectivity index (χ1n) is 31.4. The van der Waals surface area contributed by atoms with E-state index in [9.17, 15) is 60.1 Å². The standard InChI is InChI=1S/C62H97N13O17S2/c1-43-33-48(34-44(2)56(43)94(87,88)70-49(58(82)83)37-67-57(81)45-17-18-50-46(35-45)36-68-75(50)23-14-20-64-59-65-21-22-66-59)89-32-13-16-51(76)63-19-12-15-47(42-93(84,85)86)69-52(77)38-71-24-26-72(39-53(78)90-60(3,4)5)28-30-74(41-55(80)92-62(9,10)11)31-29-73(27-25-71)40-54(79)91-61(6,7)8/h17-18,21-22,33-36,47,49,70H,12-16,19-20,23-32,37-42H2,1-11H3,(H,63,76)(H,67,81)(H,69,77)(H,82,83)(H2,64,65,66)(H,84,85,86)/t47-,49+/m1/s1. The number of anilines is 1. The number of carboxylic acids is 1. The van der Waals surface area contributed by atoms with Gasteiger partial charge in [-0.2, -0.15) is 18.2 Å². The van der Waals surface area contributed by atoms with E-state index in [0.717, 1.165) is 11.9 Å². The number of sulfonamides is 1. The third kappa shape index (κ3) is 29.1. The molecule has 524 valence electrons. The summed E-state index contributed by atoms with van der Waals surface area (Å²) < 4.78 is 88.6. The Kier molecular flexibility index (Phi) is 29.2. The van der Waals surface area contributed by atoms with Crippen LogP contribution < -0.4 is 30.7 Å². The molecule has 0 spiro atoms. The van der Waals surface area contributed by atoms with Gasteiger partial charge in [-0.25, -0.2) is 13.4 Å². The fourth-order valence-corrected chi connectivity index (χ4v) is 12.6. The molecule has 5 rings (SSSR count). The highest BCUT2D eigenvalue weighted by molar-refractivity contribution is 7.89. The molecular formula is C62H97N13O17S2. The topological polar surface area (TPSA) is 385 Å². The first kappa shape index (κ1) is 77.4. The van der Waals surface area contributed by atoms with Crippen molar-refractivity contribution in [1.29, 1.82) is 0 Å². The Morgan fingerprint density at radius 2 is 1.21 bits per heavy atom. The van der Waals surface area contributed by atoms with Crippen LogP contribution in [0.25, 0.3) is 10.9 Å². The molecule has 0 saturated carbocycles. The van der Waals surface area contributed by atoms with Crippen molar-refractivity contribution >= 4 is 78.6 Å². The van der Waals surface area contributed by atoms with Gasteiger partial charge in [0.1, 0.15) is 28.6 Å². The lowest BCUT2D eigenvalue weighted by atomic mass is 10.1. The molecule has 0 unspecified atom stereocenters. The molecule has 32 heteroatoms. The minimum absolute atomic E-state index is 0.0167. The first-order valence-corrected chi connectivity index (χ1v) is 34.5. The van der Waals surface area contributed by atoms with E-state index >= 15 is 0 Å². The lowest BCUT2D eigenvalue weighted by Crippen LogP contribution is -2.51. The van der Waals surface area contributed by atoms with Crippen molar-refractivity contribution < 1.29 is 79.0 Å². The number of benzene rings is 2. The van der Waals surface area contributed by atoms with Crippen LogP contribution in [0.5, 0.6) is 5.75 Å². The number of aromatic nitrogens is 4. The number of aliphatic carboxylic acids is 1. The summed E-state index contributed by atoms with van der Waals surface area (Å²) in [6, 6.07) is 5.06. The average molecular weight is 1360 g/mol. The zero-order valence-corrected chi connectivity index (χ0v) is 57.6. The van der Waals surface area contributed by atoms with Crippen LogP contribution in [0, 0.1) is 13.8 Å². The van der Waals surface area contributed by atoms with Gasteiger partial charge >= 0.3 is 23.9 Å². The summed E-state index contributed by atoms with van der Waals surface area (Å²) in [6.07, 6.45) is 6.23. The van der Waals surface area contributed by atoms with Gasteiger partial charge in [-0.1, -0.05) is 0 Å². The Morgan fingerprint density at radius 1 is 0.681 bits per heavy atom. The van der Waals surface area contributed by atoms with Crippen LogP contribution in [-0.4, -0.2) is 247 Å². The summed E-state index contributed by atoms with van der Waals surface area (Å²) in [5, 5.41) is 26.3. The summed E-state index contributed by atoms with van der Waals surface area (Å²) in [7, 11) is -9.05. The number of H-pyrrole nitrogens is 1. The van der Waals surface area contributed by atoms with Gasteiger partial charge in [0.15, 0.2) is 5.95 Å². The molecule has 1 saturated heterocycles. The number of carboxylic acid groups (broad SMARTS) is 1. The Labute approximate surface area is 551 Å². The predicted octanol–water partition coefficient (Wildman–Crippen LogP) is 2.71. The van der Waals surface area contributed by atoms with Crippen LogP contribution in [0.1, 0.15) is 116 Å². The highest BCUT2D eigenvalue weighted by atomic mass is 32.2. The van der Waals surface area contributed by atoms with Gasteiger partial charge in [-0.15, -0.1) is 0 Å². The predicted molar refractivity (Wildman–Crippen MR) is 350 cm³/mol. The highest BCUT2D eigenvalue weighted by Gasteiger charge is 2.31. The maximum atomic E-state index is 13.9. The molecule has 1 aliphatic heterocycles. The summed E-state index contributed by atoms with van der Waals surface area (Å²) in [6.45, 7) is 21.6. The maximum absolute atomic E-state index is 13.9. The Bertz CT molecular complexity index is 3350. The van der Waals surface area contributed by atoms with Crippen LogP contribution in [0.15, 0.2) is 53.8 Å². The molecule has 0 aliphatic carbocycles. The number of esters is 3. The van der Waals surface area contributed by atoms with Gasteiger partial charge in [-0.3, -0.25) is 62.4 Å². The number of hydrogen-bond acceptors (Lipinski definition) is 22. The van der Waals surface area contributed by atoms with Gasteiger partial charge in [0.25, 0.3) is 16.0 Å². The molecule has 1 fully saturated rings. The number of imidazole rings is 1. The van der Waals surface area contributed by atoms with Gasteiger partial charge in [0.2, 0.25) is 21.8 Å². The molecule has 0 radical (unpaired) electrons. The SMILES string of the molecule is Cc1cc(OCCCC(=O)NCCC[C@H](CS(=O)(=O)O)NC(=O)CN2CCN(CC(=O)OC(C)(C)C)CCN(CC(=O)OC(C)(C)C)CCN(CC(=O)OC(C)(C)C)CC2)cc(C)c1S(=O)(=O)N[C@@H](CNC(=O)c1ccc2c(cnn2CCCNc2ncc[nH]2)c1)C(=O)O. The molecule has 30 nitrogen and oxygen atoms in total. The molecule has 3 heterocycles. The number of hydrogen-bond donors (Lipinski definition) is 8. The number of rotatable bonds is 32. The van der Waals surface area contributed by atoms with E-state index in [-0.39, 0.29) is 119 Å². The van der Waals surface area contributed by atoms with Crippen LogP contribution in [0.3, 0.4) is 0 Å². The first-order chi connectivity index (χ1) is 43.9. The lowest BCUT2D eigenvalue weighted by Gasteiger charge is -2.34. The zero-order valence-electron chi connectivity index (χ0n) is 56.0. The fraction of sp³-hybridized carbons (Fsp3) is 0.629. The number of fused-ring (bicyclic) bond motifs is 1. The Morgan fingerprint density at radius 3 is 1.70 bits per heavy atom. The van der Waals surface area contributed by atoms with Gasteiger partial charge in [0.05, 0.1) is 55.1 Å². The second-order valence-electron chi connectivity index (χ2n) is 26.3. The molecule has 2 aromatic heterocycles. The second kappa shape index (κ2) is 35.4. The molecule has 8 N–H and O–H groups in total. The van der Waals surface area contributed by atoms with Crippen molar-refractivity contribution in [3.05, 3.63) is 65.6 Å². The van der Waals surface area contributed by atoms with Crippen molar-refractivity contribution in [3.63, 3.8) is 0 Å². The summed E-state index contributed by atoms with van der Waals surface area (Å²) in [4.78, 5) is 106. The minimum Gasteiger partial charge on any atom is -0.494 e. The molecule has 2 aromatic carbocycles. The minimum atomic E-state index is -4.59. The normalized spacial score (nSPS) is 15.4. The Hall–Kier alpha value is -7.33. The summed E-state index contributed by atoms with van der Waals surface area (Å²) in [5.74, 6) is -4.29. The molecule has 0 bridgehead atoms. The van der Waals surface area contributed by atoms with Crippen molar-refractivity contribution in [1.82, 2.24) is 60.0 Å². The van der Waals surface area contributed by atoms with Crippen molar-refractivity contribution in [3.8, 4) is 5.75 Å². The number of carbonyl (C=O) groups excluding carboxylic acids is 6. The van der Waals surface area contributed by atoms with Gasteiger partial charge < -0.3 is 50.3 Å². The number of nitrogens with zero attached hydrogens (tertiary/aromatic N) is 7.